The van der Waals surface area contributed by atoms with Gasteiger partial charge in [-0.1, -0.05) is 30.3 Å². The number of anilines is 1. The smallest absolute Gasteiger partial charge is 0.272 e. The third-order valence-electron chi connectivity index (χ3n) is 4.58. The molecule has 6 nitrogen and oxygen atoms in total. The van der Waals surface area contributed by atoms with Crippen LogP contribution < -0.4 is 15.8 Å². The first-order valence-corrected chi connectivity index (χ1v) is 8.99. The number of amides is 2. The Bertz CT molecular complexity index is 777. The molecule has 1 heterocycles. The molecule has 2 amide bonds. The highest BCUT2D eigenvalue weighted by Gasteiger charge is 2.18. The highest BCUT2D eigenvalue weighted by Crippen LogP contribution is 2.15. The maximum Gasteiger partial charge on any atom is 0.272 e. The number of hydrogen-bond acceptors (Lipinski definition) is 4. The minimum atomic E-state index is -0.669. The molecule has 1 aliphatic rings. The maximum absolute atomic E-state index is 13.5. The third kappa shape index (κ3) is 5.27. The fourth-order valence-corrected chi connectivity index (χ4v) is 3.03. The van der Waals surface area contributed by atoms with Crippen LogP contribution in [0, 0.1) is 5.82 Å². The lowest BCUT2D eigenvalue weighted by atomic mass is 10.2. The van der Waals surface area contributed by atoms with Gasteiger partial charge in [-0.2, -0.15) is 0 Å². The zero-order valence-corrected chi connectivity index (χ0v) is 15.0. The summed E-state index contributed by atoms with van der Waals surface area (Å²) in [7, 11) is 0. The zero-order valence-electron chi connectivity index (χ0n) is 15.0. The van der Waals surface area contributed by atoms with E-state index in [-0.39, 0.29) is 17.9 Å². The maximum atomic E-state index is 13.5. The number of para-hydroxylation sites is 1. The molecule has 0 unspecified atom stereocenters. The van der Waals surface area contributed by atoms with Crippen molar-refractivity contribution < 1.29 is 14.0 Å². The Kier molecular flexibility index (Phi) is 6.38. The largest absolute Gasteiger partial charge is 0.369 e. The lowest BCUT2D eigenvalue weighted by Gasteiger charge is -2.36. The summed E-state index contributed by atoms with van der Waals surface area (Å²) in [6, 6.07) is 15.9. The Morgan fingerprint density at radius 2 is 1.56 bits per heavy atom. The summed E-state index contributed by atoms with van der Waals surface area (Å²) in [6.45, 7) is 4.20. The SMILES string of the molecule is O=C(CCN1CCN(c2ccccc2)CC1)NNC(=O)c1ccccc1F. The molecule has 2 N–H and O–H groups in total. The highest BCUT2D eigenvalue weighted by atomic mass is 19.1. The van der Waals surface area contributed by atoms with Gasteiger partial charge in [-0.25, -0.2) is 4.39 Å². The number of nitrogens with zero attached hydrogens (tertiary/aromatic N) is 2. The normalized spacial score (nSPS) is 14.6. The van der Waals surface area contributed by atoms with Crippen LogP contribution in [0.3, 0.4) is 0 Å². The Balaban J connectivity index is 1.36. The summed E-state index contributed by atoms with van der Waals surface area (Å²) in [5.41, 5.74) is 5.70. The molecule has 0 atom stereocenters. The van der Waals surface area contributed by atoms with Gasteiger partial charge in [0.25, 0.3) is 5.91 Å². The number of carbonyl (C=O) groups excluding carboxylic acids is 2. The van der Waals surface area contributed by atoms with Crippen LogP contribution in [0.2, 0.25) is 0 Å². The quantitative estimate of drug-likeness (QED) is 0.788. The molecular weight excluding hydrogens is 347 g/mol. The Labute approximate surface area is 157 Å². The van der Waals surface area contributed by atoms with Gasteiger partial charge in [-0.05, 0) is 24.3 Å². The standard InChI is InChI=1S/C20H23FN4O2/c21-18-9-5-4-8-17(18)20(27)23-22-19(26)10-11-24-12-14-25(15-13-24)16-6-2-1-3-7-16/h1-9H,10-15H2,(H,22,26)(H,23,27). The molecule has 2 aromatic rings. The van der Waals surface area contributed by atoms with Gasteiger partial charge < -0.3 is 4.90 Å². The molecule has 1 saturated heterocycles. The second-order valence-corrected chi connectivity index (χ2v) is 6.40. The van der Waals surface area contributed by atoms with E-state index in [0.717, 1.165) is 26.2 Å². The molecule has 0 aliphatic carbocycles. The summed E-state index contributed by atoms with van der Waals surface area (Å²) < 4.78 is 13.5. The van der Waals surface area contributed by atoms with Crippen molar-refractivity contribution in [3.05, 3.63) is 66.0 Å². The number of piperazine rings is 1. The minimum absolute atomic E-state index is 0.102. The Morgan fingerprint density at radius 3 is 2.26 bits per heavy atom. The second-order valence-electron chi connectivity index (χ2n) is 6.40. The molecule has 0 saturated carbocycles. The average Bonchev–Trinajstić information content (AvgIpc) is 2.72. The van der Waals surface area contributed by atoms with Crippen LogP contribution in [0.1, 0.15) is 16.8 Å². The molecule has 0 bridgehead atoms. The van der Waals surface area contributed by atoms with Crippen molar-refractivity contribution in [3.63, 3.8) is 0 Å². The van der Waals surface area contributed by atoms with Crippen molar-refractivity contribution in [3.8, 4) is 0 Å². The van der Waals surface area contributed by atoms with Crippen molar-refractivity contribution >= 4 is 17.5 Å². The summed E-state index contributed by atoms with van der Waals surface area (Å²) >= 11 is 0. The number of hydrogen-bond donors (Lipinski definition) is 2. The molecular formula is C20H23FN4O2. The first-order valence-electron chi connectivity index (χ1n) is 8.99. The number of carbonyl (C=O) groups is 2. The molecule has 1 aliphatic heterocycles. The van der Waals surface area contributed by atoms with Crippen LogP contribution >= 0.6 is 0 Å². The lowest BCUT2D eigenvalue weighted by Crippen LogP contribution is -2.48. The minimum Gasteiger partial charge on any atom is -0.369 e. The van der Waals surface area contributed by atoms with E-state index < -0.39 is 11.7 Å². The van der Waals surface area contributed by atoms with E-state index in [2.05, 4.69) is 32.8 Å². The average molecular weight is 370 g/mol. The third-order valence-corrected chi connectivity index (χ3v) is 4.58. The summed E-state index contributed by atoms with van der Waals surface area (Å²) in [4.78, 5) is 28.3. The second kappa shape index (κ2) is 9.14. The van der Waals surface area contributed by atoms with E-state index >= 15 is 0 Å². The van der Waals surface area contributed by atoms with Crippen molar-refractivity contribution in [1.29, 1.82) is 0 Å². The molecule has 142 valence electrons. The Morgan fingerprint density at radius 1 is 0.889 bits per heavy atom. The van der Waals surface area contributed by atoms with Gasteiger partial charge in [-0.3, -0.25) is 25.3 Å². The molecule has 2 aromatic carbocycles. The van der Waals surface area contributed by atoms with Gasteiger partial charge in [0.1, 0.15) is 5.82 Å². The van der Waals surface area contributed by atoms with Crippen LogP contribution in [-0.2, 0) is 4.79 Å². The molecule has 27 heavy (non-hydrogen) atoms. The van der Waals surface area contributed by atoms with Crippen molar-refractivity contribution in [2.75, 3.05) is 37.6 Å². The van der Waals surface area contributed by atoms with Gasteiger partial charge in [-0.15, -0.1) is 0 Å². The van der Waals surface area contributed by atoms with E-state index in [1.54, 1.807) is 6.07 Å². The molecule has 0 spiro atoms. The zero-order chi connectivity index (χ0) is 19.1. The Hall–Kier alpha value is -2.93. The first-order chi connectivity index (χ1) is 13.1. The highest BCUT2D eigenvalue weighted by molar-refractivity contribution is 5.95. The summed E-state index contributed by atoms with van der Waals surface area (Å²) in [6.07, 6.45) is 0.267. The van der Waals surface area contributed by atoms with Crippen LogP contribution in [0.25, 0.3) is 0 Å². The predicted octanol–water partition coefficient (Wildman–Crippen LogP) is 1.80. The fraction of sp³-hybridized carbons (Fsp3) is 0.300. The summed E-state index contributed by atoms with van der Waals surface area (Å²) in [5, 5.41) is 0. The molecule has 0 radical (unpaired) electrons. The fourth-order valence-electron chi connectivity index (χ4n) is 3.03. The van der Waals surface area contributed by atoms with Crippen molar-refractivity contribution in [2.24, 2.45) is 0 Å². The number of halogens is 1. The summed E-state index contributed by atoms with van der Waals surface area (Å²) in [5.74, 6) is -1.59. The van der Waals surface area contributed by atoms with Gasteiger partial charge >= 0.3 is 0 Å². The molecule has 7 heteroatoms. The van der Waals surface area contributed by atoms with Crippen molar-refractivity contribution in [2.45, 2.75) is 6.42 Å². The molecule has 1 fully saturated rings. The van der Waals surface area contributed by atoms with E-state index in [0.29, 0.717) is 6.54 Å². The monoisotopic (exact) mass is 370 g/mol. The topological polar surface area (TPSA) is 64.7 Å². The van der Waals surface area contributed by atoms with Crippen LogP contribution in [-0.4, -0.2) is 49.4 Å². The van der Waals surface area contributed by atoms with Gasteiger partial charge in [0.2, 0.25) is 5.91 Å². The number of benzene rings is 2. The van der Waals surface area contributed by atoms with E-state index in [9.17, 15) is 14.0 Å². The van der Waals surface area contributed by atoms with Crippen LogP contribution in [0.15, 0.2) is 54.6 Å². The lowest BCUT2D eigenvalue weighted by molar-refractivity contribution is -0.122. The van der Waals surface area contributed by atoms with E-state index in [1.165, 1.54) is 23.9 Å². The van der Waals surface area contributed by atoms with Crippen molar-refractivity contribution in [1.82, 2.24) is 15.8 Å². The molecule has 3 rings (SSSR count). The number of hydrazine groups is 1. The van der Waals surface area contributed by atoms with Crippen LogP contribution in [0.5, 0.6) is 0 Å². The van der Waals surface area contributed by atoms with E-state index in [1.807, 2.05) is 18.2 Å². The van der Waals surface area contributed by atoms with E-state index in [4.69, 9.17) is 0 Å². The number of rotatable bonds is 5. The van der Waals surface area contributed by atoms with Gasteiger partial charge in [0, 0.05) is 44.8 Å². The molecule has 0 aromatic heterocycles. The first kappa shape index (κ1) is 18.8. The number of nitrogens with one attached hydrogen (secondary N) is 2. The predicted molar refractivity (Wildman–Crippen MR) is 102 cm³/mol. The van der Waals surface area contributed by atoms with Gasteiger partial charge in [0.15, 0.2) is 0 Å². The van der Waals surface area contributed by atoms with Crippen LogP contribution in [0.4, 0.5) is 10.1 Å². The van der Waals surface area contributed by atoms with Gasteiger partial charge in [0.05, 0.1) is 5.56 Å².